The molecule has 1 heterocycles. The summed E-state index contributed by atoms with van der Waals surface area (Å²) >= 11 is 0. The Labute approximate surface area is 179 Å². The summed E-state index contributed by atoms with van der Waals surface area (Å²) in [5.41, 5.74) is 3.76. The second kappa shape index (κ2) is 11.8. The van der Waals surface area contributed by atoms with Crippen molar-refractivity contribution in [3.8, 4) is 0 Å². The molecule has 1 aromatic heterocycles. The van der Waals surface area contributed by atoms with Crippen molar-refractivity contribution in [1.82, 2.24) is 20.9 Å². The van der Waals surface area contributed by atoms with Crippen molar-refractivity contribution in [2.45, 2.75) is 34.1 Å². The molecular weight excluding hydrogens is 453 g/mol. The molecule has 150 valence electrons. The molecule has 27 heavy (non-hydrogen) atoms. The zero-order chi connectivity index (χ0) is 18.9. The van der Waals surface area contributed by atoms with E-state index in [0.717, 1.165) is 18.9 Å². The molecule has 6 nitrogen and oxygen atoms in total. The van der Waals surface area contributed by atoms with Gasteiger partial charge in [0.1, 0.15) is 0 Å². The second-order valence-electron chi connectivity index (χ2n) is 6.69. The van der Waals surface area contributed by atoms with Crippen LogP contribution in [0.3, 0.4) is 0 Å². The van der Waals surface area contributed by atoms with Crippen LogP contribution in [-0.2, 0) is 11.2 Å². The van der Waals surface area contributed by atoms with Crippen LogP contribution in [0.5, 0.6) is 0 Å². The van der Waals surface area contributed by atoms with Crippen LogP contribution in [0.4, 0.5) is 0 Å². The average Bonchev–Trinajstić information content (AvgIpc) is 3.02. The minimum Gasteiger partial charge on any atom is -0.361 e. The number of hydrogen-bond donors (Lipinski definition) is 4. The Kier molecular flexibility index (Phi) is 10.2. The van der Waals surface area contributed by atoms with E-state index in [2.05, 4.69) is 57.2 Å². The van der Waals surface area contributed by atoms with Crippen molar-refractivity contribution < 1.29 is 4.79 Å². The van der Waals surface area contributed by atoms with E-state index in [1.807, 2.05) is 20.8 Å². The summed E-state index contributed by atoms with van der Waals surface area (Å²) in [6, 6.07) is 6.31. The van der Waals surface area contributed by atoms with Crippen molar-refractivity contribution in [1.29, 1.82) is 0 Å². The number of fused-ring (bicyclic) bond motifs is 1. The van der Waals surface area contributed by atoms with Gasteiger partial charge in [-0.2, -0.15) is 0 Å². The number of nitrogens with one attached hydrogen (secondary N) is 4. The lowest BCUT2D eigenvalue weighted by Gasteiger charge is -2.12. The minimum absolute atomic E-state index is 0. The first-order valence-corrected chi connectivity index (χ1v) is 9.38. The Morgan fingerprint density at radius 2 is 1.93 bits per heavy atom. The Morgan fingerprint density at radius 3 is 2.63 bits per heavy atom. The van der Waals surface area contributed by atoms with Crippen molar-refractivity contribution >= 4 is 46.7 Å². The van der Waals surface area contributed by atoms with Gasteiger partial charge < -0.3 is 20.9 Å². The van der Waals surface area contributed by atoms with Crippen LogP contribution in [0.1, 0.15) is 31.9 Å². The highest BCUT2D eigenvalue weighted by Crippen LogP contribution is 2.22. The molecule has 7 heteroatoms. The number of aryl methyl sites for hydroxylation is 1. The van der Waals surface area contributed by atoms with Gasteiger partial charge in [0.15, 0.2) is 5.96 Å². The highest BCUT2D eigenvalue weighted by Gasteiger charge is 2.07. The number of rotatable bonds is 8. The van der Waals surface area contributed by atoms with E-state index in [4.69, 9.17) is 0 Å². The largest absolute Gasteiger partial charge is 0.361 e. The second-order valence-corrected chi connectivity index (χ2v) is 6.69. The van der Waals surface area contributed by atoms with Gasteiger partial charge in [0.25, 0.3) is 0 Å². The normalized spacial score (nSPS) is 11.4. The smallest absolute Gasteiger partial charge is 0.222 e. The fourth-order valence-electron chi connectivity index (χ4n) is 2.85. The SMILES string of the molecule is CCNC(=NCCc1c[nH]c2cccc(C)c12)NCCNC(=O)C(C)C.I. The fourth-order valence-corrected chi connectivity index (χ4v) is 2.85. The number of aromatic amines is 1. The summed E-state index contributed by atoms with van der Waals surface area (Å²) in [6.45, 7) is 10.7. The van der Waals surface area contributed by atoms with E-state index >= 15 is 0 Å². The monoisotopic (exact) mass is 485 g/mol. The predicted octanol–water partition coefficient (Wildman–Crippen LogP) is 2.96. The van der Waals surface area contributed by atoms with E-state index in [-0.39, 0.29) is 35.8 Å². The Bertz CT molecular complexity index is 754. The Hall–Kier alpha value is -1.77. The molecular formula is C20H32IN5O. The molecule has 0 aliphatic rings. The van der Waals surface area contributed by atoms with Crippen LogP contribution < -0.4 is 16.0 Å². The van der Waals surface area contributed by atoms with Crippen LogP contribution in [0.25, 0.3) is 10.9 Å². The molecule has 0 bridgehead atoms. The number of nitrogens with zero attached hydrogens (tertiary/aromatic N) is 1. The number of aromatic nitrogens is 1. The number of hydrogen-bond acceptors (Lipinski definition) is 2. The maximum absolute atomic E-state index is 11.6. The molecule has 0 aliphatic heterocycles. The van der Waals surface area contributed by atoms with Gasteiger partial charge in [0, 0.05) is 49.2 Å². The number of benzene rings is 1. The van der Waals surface area contributed by atoms with Gasteiger partial charge in [-0.1, -0.05) is 26.0 Å². The molecule has 0 unspecified atom stereocenters. The molecule has 0 atom stereocenters. The quantitative estimate of drug-likeness (QED) is 0.201. The lowest BCUT2D eigenvalue weighted by molar-refractivity contribution is -0.123. The zero-order valence-electron chi connectivity index (χ0n) is 16.7. The fraction of sp³-hybridized carbons (Fsp3) is 0.500. The number of halogens is 1. The van der Waals surface area contributed by atoms with Crippen LogP contribution in [0, 0.1) is 12.8 Å². The van der Waals surface area contributed by atoms with Gasteiger partial charge in [-0.3, -0.25) is 9.79 Å². The topological polar surface area (TPSA) is 81.3 Å². The summed E-state index contributed by atoms with van der Waals surface area (Å²) in [5, 5.41) is 10.7. The zero-order valence-corrected chi connectivity index (χ0v) is 19.0. The molecule has 0 saturated carbocycles. The molecule has 2 rings (SSSR count). The third-order valence-electron chi connectivity index (χ3n) is 4.23. The van der Waals surface area contributed by atoms with E-state index in [0.29, 0.717) is 19.6 Å². The van der Waals surface area contributed by atoms with E-state index in [9.17, 15) is 4.79 Å². The van der Waals surface area contributed by atoms with E-state index in [1.165, 1.54) is 22.0 Å². The van der Waals surface area contributed by atoms with Crippen molar-refractivity contribution in [3.05, 3.63) is 35.5 Å². The average molecular weight is 485 g/mol. The first-order chi connectivity index (χ1) is 12.5. The number of amides is 1. The van der Waals surface area contributed by atoms with Gasteiger partial charge >= 0.3 is 0 Å². The van der Waals surface area contributed by atoms with E-state index in [1.54, 1.807) is 0 Å². The van der Waals surface area contributed by atoms with Gasteiger partial charge in [0.2, 0.25) is 5.91 Å². The summed E-state index contributed by atoms with van der Waals surface area (Å²) in [4.78, 5) is 19.5. The van der Waals surface area contributed by atoms with Crippen molar-refractivity contribution in [2.24, 2.45) is 10.9 Å². The maximum Gasteiger partial charge on any atom is 0.222 e. The molecule has 0 radical (unpaired) electrons. The highest BCUT2D eigenvalue weighted by molar-refractivity contribution is 14.0. The minimum atomic E-state index is 0. The third-order valence-corrected chi connectivity index (χ3v) is 4.23. The molecule has 0 aliphatic carbocycles. The number of carbonyl (C=O) groups excluding carboxylic acids is 1. The lowest BCUT2D eigenvalue weighted by Crippen LogP contribution is -2.42. The number of guanidine groups is 1. The van der Waals surface area contributed by atoms with Crippen LogP contribution in [0.2, 0.25) is 0 Å². The molecule has 1 amide bonds. The van der Waals surface area contributed by atoms with Crippen molar-refractivity contribution in [3.63, 3.8) is 0 Å². The molecule has 0 saturated heterocycles. The summed E-state index contributed by atoms with van der Waals surface area (Å²) < 4.78 is 0. The third kappa shape index (κ3) is 7.04. The molecule has 0 fully saturated rings. The van der Waals surface area contributed by atoms with E-state index < -0.39 is 0 Å². The molecule has 4 N–H and O–H groups in total. The molecule has 1 aromatic carbocycles. The van der Waals surface area contributed by atoms with Crippen LogP contribution in [0.15, 0.2) is 29.4 Å². The lowest BCUT2D eigenvalue weighted by atomic mass is 10.1. The Morgan fingerprint density at radius 1 is 1.19 bits per heavy atom. The predicted molar refractivity (Wildman–Crippen MR) is 124 cm³/mol. The maximum atomic E-state index is 11.6. The summed E-state index contributed by atoms with van der Waals surface area (Å²) in [7, 11) is 0. The van der Waals surface area contributed by atoms with Gasteiger partial charge in [-0.15, -0.1) is 24.0 Å². The number of H-pyrrole nitrogens is 1. The van der Waals surface area contributed by atoms with Gasteiger partial charge in [-0.05, 0) is 37.5 Å². The van der Waals surface area contributed by atoms with Crippen LogP contribution >= 0.6 is 24.0 Å². The van der Waals surface area contributed by atoms with Gasteiger partial charge in [0.05, 0.1) is 0 Å². The van der Waals surface area contributed by atoms with Crippen molar-refractivity contribution in [2.75, 3.05) is 26.2 Å². The van der Waals surface area contributed by atoms with Gasteiger partial charge in [-0.25, -0.2) is 0 Å². The molecule has 0 spiro atoms. The first kappa shape index (κ1) is 23.3. The Balaban J connectivity index is 0.00000364. The molecule has 2 aromatic rings. The standard InChI is InChI=1S/C20H31N5O.HI/c1-5-21-20(24-12-11-22-19(26)14(2)3)23-10-9-16-13-25-17-8-6-7-15(4)18(16)17;/h6-8,13-14,25H,5,9-12H2,1-4H3,(H,22,26)(H2,21,23,24);1H. The van der Waals surface area contributed by atoms with Crippen LogP contribution in [-0.4, -0.2) is 43.0 Å². The number of aliphatic imine (C=N–C) groups is 1. The summed E-state index contributed by atoms with van der Waals surface area (Å²) in [5.74, 6) is 0.864. The number of carbonyl (C=O) groups is 1. The summed E-state index contributed by atoms with van der Waals surface area (Å²) in [6.07, 6.45) is 2.96. The highest BCUT2D eigenvalue weighted by atomic mass is 127. The first-order valence-electron chi connectivity index (χ1n) is 9.38.